The monoisotopic (exact) mass is 234 g/mol. The minimum atomic E-state index is -2.19. The van der Waals surface area contributed by atoms with Crippen LogP contribution in [0.1, 0.15) is 33.6 Å². The van der Waals surface area contributed by atoms with Crippen molar-refractivity contribution in [1.82, 2.24) is 10.2 Å². The second kappa shape index (κ2) is 5.92. The van der Waals surface area contributed by atoms with E-state index >= 15 is 0 Å². The van der Waals surface area contributed by atoms with Crippen LogP contribution in [0, 0.1) is 5.92 Å². The van der Waals surface area contributed by atoms with E-state index in [1.54, 1.807) is 0 Å². The van der Waals surface area contributed by atoms with Gasteiger partial charge in [-0.15, -0.1) is 0 Å². The lowest BCUT2D eigenvalue weighted by Gasteiger charge is -2.33. The summed E-state index contributed by atoms with van der Waals surface area (Å²) in [7, 11) is 0. The summed E-state index contributed by atoms with van der Waals surface area (Å²) < 4.78 is 24.3. The largest absolute Gasteiger partial charge is 0.312 e. The molecule has 1 heterocycles. The maximum atomic E-state index is 12.2. The molecule has 1 fully saturated rings. The normalized spacial score (nSPS) is 20.6. The number of nitrogens with one attached hydrogen (secondary N) is 1. The summed E-state index contributed by atoms with van der Waals surface area (Å²) in [5.41, 5.74) is 0.153. The van der Waals surface area contributed by atoms with Crippen LogP contribution in [-0.4, -0.2) is 43.0 Å². The smallest absolute Gasteiger partial charge is 0.251 e. The van der Waals surface area contributed by atoms with Crippen molar-refractivity contribution >= 4 is 0 Å². The van der Waals surface area contributed by atoms with E-state index in [2.05, 4.69) is 26.1 Å². The van der Waals surface area contributed by atoms with Gasteiger partial charge in [-0.2, -0.15) is 0 Å². The molecule has 0 aromatic carbocycles. The Hall–Kier alpha value is -0.220. The Balaban J connectivity index is 2.17. The highest BCUT2D eigenvalue weighted by molar-refractivity contribution is 4.78. The van der Waals surface area contributed by atoms with E-state index in [-0.39, 0.29) is 12.1 Å². The Morgan fingerprint density at radius 3 is 2.25 bits per heavy atom. The number of rotatable bonds is 4. The van der Waals surface area contributed by atoms with E-state index in [0.29, 0.717) is 5.92 Å². The fourth-order valence-electron chi connectivity index (χ4n) is 2.02. The molecular weight excluding hydrogens is 210 g/mol. The maximum Gasteiger partial charge on any atom is 0.251 e. The Bertz CT molecular complexity index is 194. The lowest BCUT2D eigenvalue weighted by atomic mass is 9.95. The molecule has 0 saturated carbocycles. The number of halogens is 2. The van der Waals surface area contributed by atoms with Gasteiger partial charge in [0.2, 0.25) is 0 Å². The quantitative estimate of drug-likeness (QED) is 0.803. The van der Waals surface area contributed by atoms with Crippen molar-refractivity contribution in [3.63, 3.8) is 0 Å². The predicted molar refractivity (Wildman–Crippen MR) is 62.9 cm³/mol. The second-order valence-corrected chi connectivity index (χ2v) is 5.77. The number of nitrogens with zero attached hydrogens (tertiary/aromatic N) is 1. The fourth-order valence-corrected chi connectivity index (χ4v) is 2.02. The first kappa shape index (κ1) is 13.8. The van der Waals surface area contributed by atoms with Crippen LogP contribution in [0.5, 0.6) is 0 Å². The first-order valence-corrected chi connectivity index (χ1v) is 6.12. The highest BCUT2D eigenvalue weighted by Crippen LogP contribution is 2.18. The van der Waals surface area contributed by atoms with Crippen molar-refractivity contribution in [2.75, 3.05) is 26.2 Å². The molecule has 1 N–H and O–H groups in total. The fraction of sp³-hybridized carbons (Fsp3) is 1.00. The van der Waals surface area contributed by atoms with Crippen LogP contribution in [0.3, 0.4) is 0 Å². The molecule has 2 nitrogen and oxygen atoms in total. The number of piperidine rings is 1. The van der Waals surface area contributed by atoms with Gasteiger partial charge in [-0.3, -0.25) is 4.90 Å². The van der Waals surface area contributed by atoms with Gasteiger partial charge in [-0.05, 0) is 59.2 Å². The van der Waals surface area contributed by atoms with E-state index in [9.17, 15) is 8.78 Å². The SMILES string of the molecule is CC(C)(C)NCC1CCN(CC(F)F)CC1. The van der Waals surface area contributed by atoms with Crippen LogP contribution in [0.25, 0.3) is 0 Å². The molecule has 0 spiro atoms. The molecule has 1 aliphatic rings. The van der Waals surface area contributed by atoms with Gasteiger partial charge in [-0.25, -0.2) is 8.78 Å². The zero-order valence-electron chi connectivity index (χ0n) is 10.6. The molecule has 96 valence electrons. The van der Waals surface area contributed by atoms with Gasteiger partial charge in [0.1, 0.15) is 0 Å². The molecule has 0 aromatic heterocycles. The summed E-state index contributed by atoms with van der Waals surface area (Å²) in [5, 5.41) is 3.48. The Morgan fingerprint density at radius 1 is 1.25 bits per heavy atom. The number of hydrogen-bond acceptors (Lipinski definition) is 2. The summed E-state index contributed by atoms with van der Waals surface area (Å²) >= 11 is 0. The molecule has 0 bridgehead atoms. The van der Waals surface area contributed by atoms with Crippen molar-refractivity contribution in [3.8, 4) is 0 Å². The third-order valence-corrected chi connectivity index (χ3v) is 3.02. The summed E-state index contributed by atoms with van der Waals surface area (Å²) in [6.45, 7) is 9.05. The lowest BCUT2D eigenvalue weighted by Crippen LogP contribution is -2.43. The average Bonchev–Trinajstić information content (AvgIpc) is 2.14. The molecule has 0 amide bonds. The van der Waals surface area contributed by atoms with Crippen LogP contribution >= 0.6 is 0 Å². The van der Waals surface area contributed by atoms with Gasteiger partial charge in [0.15, 0.2) is 0 Å². The van der Waals surface area contributed by atoms with Crippen LogP contribution < -0.4 is 5.32 Å². The third-order valence-electron chi connectivity index (χ3n) is 3.02. The molecule has 1 rings (SSSR count). The first-order valence-electron chi connectivity index (χ1n) is 6.12. The van der Waals surface area contributed by atoms with Crippen molar-refractivity contribution in [1.29, 1.82) is 0 Å². The standard InChI is InChI=1S/C12H24F2N2/c1-12(2,3)15-8-10-4-6-16(7-5-10)9-11(13)14/h10-11,15H,4-9H2,1-3H3. The Labute approximate surface area is 97.4 Å². The molecule has 1 aliphatic heterocycles. The van der Waals surface area contributed by atoms with E-state index < -0.39 is 6.43 Å². The topological polar surface area (TPSA) is 15.3 Å². The minimum absolute atomic E-state index is 0.0561. The predicted octanol–water partition coefficient (Wildman–Crippen LogP) is 2.35. The molecule has 0 aliphatic carbocycles. The molecule has 16 heavy (non-hydrogen) atoms. The van der Waals surface area contributed by atoms with Crippen molar-refractivity contribution in [2.24, 2.45) is 5.92 Å². The van der Waals surface area contributed by atoms with E-state index in [0.717, 1.165) is 32.5 Å². The Kier molecular flexibility index (Phi) is 5.12. The van der Waals surface area contributed by atoms with E-state index in [1.165, 1.54) is 0 Å². The second-order valence-electron chi connectivity index (χ2n) is 5.77. The number of alkyl halides is 2. The van der Waals surface area contributed by atoms with Crippen LogP contribution in [0.4, 0.5) is 8.78 Å². The minimum Gasteiger partial charge on any atom is -0.312 e. The molecule has 1 saturated heterocycles. The number of hydrogen-bond donors (Lipinski definition) is 1. The van der Waals surface area contributed by atoms with Gasteiger partial charge < -0.3 is 5.32 Å². The van der Waals surface area contributed by atoms with Gasteiger partial charge in [-0.1, -0.05) is 0 Å². The van der Waals surface area contributed by atoms with Gasteiger partial charge in [0.25, 0.3) is 6.43 Å². The van der Waals surface area contributed by atoms with Crippen molar-refractivity contribution < 1.29 is 8.78 Å². The average molecular weight is 234 g/mol. The molecule has 4 heteroatoms. The lowest BCUT2D eigenvalue weighted by molar-refractivity contribution is 0.0683. The summed E-state index contributed by atoms with van der Waals surface area (Å²) in [4.78, 5) is 1.87. The van der Waals surface area contributed by atoms with Crippen LogP contribution in [-0.2, 0) is 0 Å². The van der Waals surface area contributed by atoms with E-state index in [1.807, 2.05) is 4.90 Å². The highest BCUT2D eigenvalue weighted by atomic mass is 19.3. The molecule has 0 unspecified atom stereocenters. The van der Waals surface area contributed by atoms with Gasteiger partial charge >= 0.3 is 0 Å². The van der Waals surface area contributed by atoms with Gasteiger partial charge in [0.05, 0.1) is 6.54 Å². The summed E-state index contributed by atoms with van der Waals surface area (Å²) in [6.07, 6.45) is -0.116. The first-order chi connectivity index (χ1) is 7.37. The highest BCUT2D eigenvalue weighted by Gasteiger charge is 2.22. The van der Waals surface area contributed by atoms with Gasteiger partial charge in [0, 0.05) is 5.54 Å². The summed E-state index contributed by atoms with van der Waals surface area (Å²) in [5.74, 6) is 0.646. The zero-order chi connectivity index (χ0) is 12.2. The van der Waals surface area contributed by atoms with Crippen LogP contribution in [0.2, 0.25) is 0 Å². The van der Waals surface area contributed by atoms with E-state index in [4.69, 9.17) is 0 Å². The molecular formula is C12H24F2N2. The van der Waals surface area contributed by atoms with Crippen LogP contribution in [0.15, 0.2) is 0 Å². The third kappa shape index (κ3) is 5.75. The number of likely N-dealkylation sites (tertiary alicyclic amines) is 1. The summed E-state index contributed by atoms with van der Waals surface area (Å²) in [6, 6.07) is 0. The molecule has 0 radical (unpaired) electrons. The molecule has 0 atom stereocenters. The van der Waals surface area contributed by atoms with Crippen molar-refractivity contribution in [3.05, 3.63) is 0 Å². The zero-order valence-corrected chi connectivity index (χ0v) is 10.6. The van der Waals surface area contributed by atoms with Crippen molar-refractivity contribution in [2.45, 2.75) is 45.6 Å². The molecule has 0 aromatic rings. The Morgan fingerprint density at radius 2 is 1.81 bits per heavy atom. The maximum absolute atomic E-state index is 12.2.